The maximum absolute atomic E-state index is 12.2. The Morgan fingerprint density at radius 2 is 1.08 bits per heavy atom. The topological polar surface area (TPSA) is 241 Å². The third-order valence-electron chi connectivity index (χ3n) is 12.2. The van der Waals surface area contributed by atoms with Crippen LogP contribution in [0.3, 0.4) is 0 Å². The number of nitrogens with one attached hydrogen (secondary N) is 7. The first-order chi connectivity index (χ1) is 31.8. The van der Waals surface area contributed by atoms with Gasteiger partial charge in [0.15, 0.2) is 0 Å². The molecular weight excluding hydrogens is 841 g/mol. The number of ether oxygens (including phenoxy) is 1. The van der Waals surface area contributed by atoms with E-state index in [2.05, 4.69) is 41.3 Å². The summed E-state index contributed by atoms with van der Waals surface area (Å²) in [6.07, 6.45) is 5.55. The molecule has 0 radical (unpaired) electrons. The molecule has 4 aliphatic heterocycles. The van der Waals surface area contributed by atoms with Gasteiger partial charge in [0, 0.05) is 106 Å². The molecule has 7 N–H and O–H groups in total. The summed E-state index contributed by atoms with van der Waals surface area (Å²) < 4.78 is 3.97. The van der Waals surface area contributed by atoms with Crippen LogP contribution in [0.5, 0.6) is 0 Å². The van der Waals surface area contributed by atoms with Crippen LogP contribution in [0.2, 0.25) is 0 Å². The maximum atomic E-state index is 12.2. The quantitative estimate of drug-likeness (QED) is 0.0850. The molecule has 18 heteroatoms. The lowest BCUT2D eigenvalue weighted by Crippen LogP contribution is -2.41. The van der Waals surface area contributed by atoms with Crippen LogP contribution >= 0.6 is 0 Å². The molecule has 4 aliphatic rings. The first-order valence-electron chi connectivity index (χ1n) is 22.5. The van der Waals surface area contributed by atoms with Gasteiger partial charge in [0.2, 0.25) is 5.91 Å². The summed E-state index contributed by atoms with van der Waals surface area (Å²) in [6, 6.07) is 16.5. The number of para-hydroxylation sites is 2. The van der Waals surface area contributed by atoms with Crippen molar-refractivity contribution < 1.29 is 28.7 Å². The van der Waals surface area contributed by atoms with E-state index in [1.165, 1.54) is 13.8 Å². The SMILES string of the molecule is CC(=O)N1CCC(Nc2nc3c(-c4cc5c([nH]4)CCNC5=O)cccc3nc2C)CC1.CC(=O)OC(C)=O.Cc1nc2cccc(-c3cc4c([nH]3)CCNC4=O)c2nc1NC1CCNCC1. The highest BCUT2D eigenvalue weighted by Crippen LogP contribution is 2.32. The number of aromatic amines is 2. The number of anilines is 2. The van der Waals surface area contributed by atoms with Gasteiger partial charge in [-0.05, 0) is 76.9 Å². The predicted octanol–water partition coefficient (Wildman–Crippen LogP) is 5.12. The van der Waals surface area contributed by atoms with Crippen molar-refractivity contribution in [2.75, 3.05) is 49.9 Å². The average Bonchev–Trinajstić information content (AvgIpc) is 3.94. The minimum atomic E-state index is -0.562. The minimum absolute atomic E-state index is 0.0146. The van der Waals surface area contributed by atoms with E-state index in [4.69, 9.17) is 19.9 Å². The molecule has 2 aromatic carbocycles. The number of esters is 2. The van der Waals surface area contributed by atoms with Gasteiger partial charge in [0.25, 0.3) is 11.8 Å². The zero-order valence-corrected chi connectivity index (χ0v) is 37.9. The van der Waals surface area contributed by atoms with Gasteiger partial charge in [-0.1, -0.05) is 24.3 Å². The molecule has 4 aromatic heterocycles. The number of nitrogens with zero attached hydrogens (tertiary/aromatic N) is 5. The van der Waals surface area contributed by atoms with Crippen molar-refractivity contribution in [1.29, 1.82) is 0 Å². The molecule has 0 atom stereocenters. The molecule has 6 aromatic rings. The second-order valence-electron chi connectivity index (χ2n) is 17.0. The van der Waals surface area contributed by atoms with Crippen molar-refractivity contribution in [3.8, 4) is 22.5 Å². The molecule has 2 saturated heterocycles. The van der Waals surface area contributed by atoms with Crippen LogP contribution in [0.15, 0.2) is 48.5 Å². The number of aromatic nitrogens is 6. The fraction of sp³-hybridized carbons (Fsp3) is 0.396. The number of rotatable bonds is 6. The highest BCUT2D eigenvalue weighted by molar-refractivity contribution is 6.01. The Kier molecular flexibility index (Phi) is 13.7. The molecule has 0 unspecified atom stereocenters. The van der Waals surface area contributed by atoms with Gasteiger partial charge in [-0.25, -0.2) is 19.9 Å². The summed E-state index contributed by atoms with van der Waals surface area (Å²) in [5.74, 6) is 0.577. The van der Waals surface area contributed by atoms with Crippen LogP contribution in [0.25, 0.3) is 44.6 Å². The predicted molar refractivity (Wildman–Crippen MR) is 251 cm³/mol. The Morgan fingerprint density at radius 1 is 0.621 bits per heavy atom. The van der Waals surface area contributed by atoms with Gasteiger partial charge in [0.05, 0.1) is 33.5 Å². The van der Waals surface area contributed by atoms with Crippen LogP contribution in [-0.2, 0) is 32.0 Å². The van der Waals surface area contributed by atoms with Crippen molar-refractivity contribution in [3.63, 3.8) is 0 Å². The summed E-state index contributed by atoms with van der Waals surface area (Å²) in [4.78, 5) is 83.7. The van der Waals surface area contributed by atoms with E-state index in [0.29, 0.717) is 24.7 Å². The van der Waals surface area contributed by atoms with Crippen molar-refractivity contribution in [3.05, 3.63) is 82.4 Å². The highest BCUT2D eigenvalue weighted by Gasteiger charge is 2.25. The van der Waals surface area contributed by atoms with Gasteiger partial charge in [-0.3, -0.25) is 24.0 Å². The summed E-state index contributed by atoms with van der Waals surface area (Å²) in [6.45, 7) is 12.8. The molecule has 0 spiro atoms. The van der Waals surface area contributed by atoms with Gasteiger partial charge >= 0.3 is 11.9 Å². The number of likely N-dealkylation sites (tertiary alicyclic amines) is 1. The first kappa shape index (κ1) is 45.4. The molecule has 18 nitrogen and oxygen atoms in total. The van der Waals surface area contributed by atoms with E-state index in [1.54, 1.807) is 6.92 Å². The zero-order chi connectivity index (χ0) is 46.5. The number of hydrogen-bond acceptors (Lipinski definition) is 13. The average molecular weight is 897 g/mol. The number of benzene rings is 2. The first-order valence-corrected chi connectivity index (χ1v) is 22.5. The Balaban J connectivity index is 0.000000158. The summed E-state index contributed by atoms with van der Waals surface area (Å²) in [5, 5.41) is 16.3. The molecule has 2 fully saturated rings. The normalized spacial score (nSPS) is 16.1. The van der Waals surface area contributed by atoms with E-state index in [1.807, 2.05) is 67.3 Å². The molecule has 3 amide bonds. The third-order valence-corrected chi connectivity index (χ3v) is 12.2. The molecule has 0 bridgehead atoms. The maximum Gasteiger partial charge on any atom is 0.310 e. The monoisotopic (exact) mass is 896 g/mol. The molecule has 0 saturated carbocycles. The van der Waals surface area contributed by atoms with Crippen LogP contribution in [-0.4, -0.2) is 116 Å². The lowest BCUT2D eigenvalue weighted by molar-refractivity contribution is -0.156. The highest BCUT2D eigenvalue weighted by atomic mass is 16.6. The van der Waals surface area contributed by atoms with Gasteiger partial charge < -0.3 is 46.2 Å². The van der Waals surface area contributed by atoms with Crippen LogP contribution in [0.1, 0.15) is 89.9 Å². The molecule has 66 heavy (non-hydrogen) atoms. The zero-order valence-electron chi connectivity index (χ0n) is 37.9. The number of carbonyl (C=O) groups excluding carboxylic acids is 5. The Morgan fingerprint density at radius 3 is 1.48 bits per heavy atom. The van der Waals surface area contributed by atoms with Crippen molar-refractivity contribution >= 4 is 63.4 Å². The third kappa shape index (κ3) is 10.3. The number of piperidine rings is 2. The van der Waals surface area contributed by atoms with Crippen molar-refractivity contribution in [2.24, 2.45) is 0 Å². The van der Waals surface area contributed by atoms with Gasteiger partial charge in [-0.2, -0.15) is 0 Å². The molecule has 10 rings (SSSR count). The van der Waals surface area contributed by atoms with Gasteiger partial charge in [-0.15, -0.1) is 0 Å². The lowest BCUT2D eigenvalue weighted by atomic mass is 10.0. The van der Waals surface area contributed by atoms with E-state index in [9.17, 15) is 24.0 Å². The Bertz CT molecular complexity index is 2810. The number of aryl methyl sites for hydroxylation is 2. The van der Waals surface area contributed by atoms with Crippen molar-refractivity contribution in [1.82, 2.24) is 50.8 Å². The van der Waals surface area contributed by atoms with Crippen molar-refractivity contribution in [2.45, 2.75) is 85.2 Å². The number of carbonyl (C=O) groups is 5. The summed E-state index contributed by atoms with van der Waals surface area (Å²) in [5.41, 5.74) is 12.2. The Labute approximate surface area is 381 Å². The molecule has 0 aliphatic carbocycles. The number of H-pyrrole nitrogens is 2. The van der Waals surface area contributed by atoms with E-state index in [-0.39, 0.29) is 23.8 Å². The largest absolute Gasteiger partial charge is 0.394 e. The second-order valence-corrected chi connectivity index (χ2v) is 17.0. The smallest absolute Gasteiger partial charge is 0.310 e. The standard InChI is InChI=1S/C23H26N6O2.C21H24N6O.C4H6O3/c1-13-22(26-15-7-10-29(11-8-15)14(2)30)28-21-16(4-3-5-19(21)25-13)20-12-17-18(27-20)6-9-24-23(17)31;1-12-20(25-13-5-8-22-9-6-13)27-19-14(3-2-4-17(19)24-12)18-11-15-16(26-18)7-10-23-21(15)28;1-3(5)7-4(2)6/h3-5,12,15,27H,6-11H2,1-2H3,(H,24,31)(H,26,28);2-4,11,13,22,26H,5-10H2,1H3,(H,23,28)(H,25,27);1-2H3. The number of hydrogen-bond donors (Lipinski definition) is 7. The van der Waals surface area contributed by atoms with Gasteiger partial charge in [0.1, 0.15) is 22.7 Å². The lowest BCUT2D eigenvalue weighted by Gasteiger charge is -2.32. The number of amides is 3. The second kappa shape index (κ2) is 19.9. The van der Waals surface area contributed by atoms with Crippen LogP contribution < -0.4 is 26.6 Å². The van der Waals surface area contributed by atoms with E-state index in [0.717, 1.165) is 149 Å². The molecule has 8 heterocycles. The van der Waals surface area contributed by atoms with Crippen LogP contribution in [0, 0.1) is 13.8 Å². The summed E-state index contributed by atoms with van der Waals surface area (Å²) >= 11 is 0. The summed E-state index contributed by atoms with van der Waals surface area (Å²) in [7, 11) is 0. The fourth-order valence-electron chi connectivity index (χ4n) is 8.81. The fourth-order valence-corrected chi connectivity index (χ4v) is 8.81. The van der Waals surface area contributed by atoms with Crippen LogP contribution in [0.4, 0.5) is 11.6 Å². The molecular formula is C48H56N12O6. The van der Waals surface area contributed by atoms with E-state index < -0.39 is 11.9 Å². The Hall–Kier alpha value is -7.21. The van der Waals surface area contributed by atoms with E-state index >= 15 is 0 Å². The minimum Gasteiger partial charge on any atom is -0.394 e. The molecule has 344 valence electrons. The number of fused-ring (bicyclic) bond motifs is 4.